The summed E-state index contributed by atoms with van der Waals surface area (Å²) in [6.45, 7) is 7.47. The summed E-state index contributed by atoms with van der Waals surface area (Å²) in [5.74, 6) is 0.0245. The van der Waals surface area contributed by atoms with Crippen LogP contribution in [0, 0.1) is 0 Å². The average molecular weight is 230 g/mol. The van der Waals surface area contributed by atoms with Crippen LogP contribution in [-0.2, 0) is 0 Å². The Hall–Kier alpha value is -1.46. The maximum Gasteiger partial charge on any atom is 0.315 e. The second kappa shape index (κ2) is 6.19. The molecule has 0 saturated carbocycles. The van der Waals surface area contributed by atoms with Gasteiger partial charge in [-0.1, -0.05) is 19.0 Å². The lowest BCUT2D eigenvalue weighted by Gasteiger charge is -2.31. The van der Waals surface area contributed by atoms with Crippen LogP contribution in [0.25, 0.3) is 0 Å². The van der Waals surface area contributed by atoms with Crippen molar-refractivity contribution in [3.8, 4) is 0 Å². The number of nitrogens with two attached hydrogens (primary N) is 1. The number of hydrogen-bond acceptors (Lipinski definition) is 3. The molecular weight excluding hydrogens is 208 g/mol. The molecule has 0 aromatic rings. The van der Waals surface area contributed by atoms with E-state index in [0.717, 1.165) is 0 Å². The van der Waals surface area contributed by atoms with Crippen molar-refractivity contribution in [1.29, 1.82) is 0 Å². The third-order valence-electron chi connectivity index (χ3n) is 2.58. The highest BCUT2D eigenvalue weighted by molar-refractivity contribution is 5.93. The van der Waals surface area contributed by atoms with Crippen molar-refractivity contribution in [3.05, 3.63) is 0 Å². The molecule has 0 aromatic heterocycles. The minimum Gasteiger partial charge on any atom is -0.409 e. The van der Waals surface area contributed by atoms with Gasteiger partial charge >= 0.3 is 6.03 Å². The molecule has 5 N–H and O–H groups in total. The molecule has 0 aliphatic carbocycles. The summed E-state index contributed by atoms with van der Waals surface area (Å²) >= 11 is 0. The predicted octanol–water partition coefficient (Wildman–Crippen LogP) is 0.999. The number of amides is 2. The fraction of sp³-hybridized carbons (Fsp3) is 0.800. The smallest absolute Gasteiger partial charge is 0.315 e. The number of oxime groups is 1. The molecule has 0 heterocycles. The van der Waals surface area contributed by atoms with E-state index >= 15 is 0 Å². The van der Waals surface area contributed by atoms with Crippen LogP contribution >= 0.6 is 0 Å². The summed E-state index contributed by atoms with van der Waals surface area (Å²) in [7, 11) is 0. The van der Waals surface area contributed by atoms with Gasteiger partial charge in [0.25, 0.3) is 0 Å². The zero-order valence-electron chi connectivity index (χ0n) is 10.4. The molecule has 0 bridgehead atoms. The number of hydrogen-bond donors (Lipinski definition) is 4. The normalized spacial score (nSPS) is 12.7. The van der Waals surface area contributed by atoms with Crippen LogP contribution in [0.4, 0.5) is 4.79 Å². The van der Waals surface area contributed by atoms with Crippen LogP contribution in [0.15, 0.2) is 5.16 Å². The Morgan fingerprint density at radius 3 is 2.25 bits per heavy atom. The van der Waals surface area contributed by atoms with E-state index < -0.39 is 5.54 Å². The molecule has 0 atom stereocenters. The maximum absolute atomic E-state index is 11.6. The van der Waals surface area contributed by atoms with Gasteiger partial charge in [-0.05, 0) is 26.7 Å². The number of nitrogens with zero attached hydrogens (tertiary/aromatic N) is 1. The first kappa shape index (κ1) is 14.5. The first-order valence-corrected chi connectivity index (χ1v) is 5.48. The second-order valence-corrected chi connectivity index (χ2v) is 4.03. The van der Waals surface area contributed by atoms with Crippen molar-refractivity contribution < 1.29 is 10.0 Å². The van der Waals surface area contributed by atoms with Gasteiger partial charge in [-0.3, -0.25) is 0 Å². The van der Waals surface area contributed by atoms with Crippen molar-refractivity contribution in [2.24, 2.45) is 10.9 Å². The minimum absolute atomic E-state index is 0.0245. The minimum atomic E-state index is -0.784. The van der Waals surface area contributed by atoms with E-state index in [2.05, 4.69) is 15.8 Å². The number of rotatable bonds is 5. The van der Waals surface area contributed by atoms with Crippen molar-refractivity contribution in [3.63, 3.8) is 0 Å². The molecule has 94 valence electrons. The van der Waals surface area contributed by atoms with Gasteiger partial charge < -0.3 is 21.6 Å². The third kappa shape index (κ3) is 3.60. The van der Waals surface area contributed by atoms with Crippen LogP contribution in [0.5, 0.6) is 0 Å². The topological polar surface area (TPSA) is 99.7 Å². The standard InChI is InChI=1S/C10H22N4O2/c1-5-10(6-2,8(11)14-16)13-9(15)12-7(3)4/h7,16H,5-6H2,1-4H3,(H2,11,14)(H2,12,13,15). The average Bonchev–Trinajstić information content (AvgIpc) is 2.23. The Balaban J connectivity index is 4.74. The van der Waals surface area contributed by atoms with Crippen molar-refractivity contribution in [2.75, 3.05) is 0 Å². The summed E-state index contributed by atoms with van der Waals surface area (Å²) in [6, 6.07) is -0.274. The summed E-state index contributed by atoms with van der Waals surface area (Å²) in [5, 5.41) is 17.2. The first-order chi connectivity index (χ1) is 7.41. The van der Waals surface area contributed by atoms with Crippen LogP contribution in [0.1, 0.15) is 40.5 Å². The van der Waals surface area contributed by atoms with Gasteiger partial charge in [0.15, 0.2) is 5.84 Å². The van der Waals surface area contributed by atoms with Crippen LogP contribution in [-0.4, -0.2) is 28.7 Å². The second-order valence-electron chi connectivity index (χ2n) is 4.03. The zero-order chi connectivity index (χ0) is 12.8. The molecule has 0 rings (SSSR count). The zero-order valence-corrected chi connectivity index (χ0v) is 10.4. The largest absolute Gasteiger partial charge is 0.409 e. The lowest BCUT2D eigenvalue weighted by atomic mass is 9.91. The van der Waals surface area contributed by atoms with Gasteiger partial charge in [0.1, 0.15) is 5.54 Å². The van der Waals surface area contributed by atoms with Gasteiger partial charge in [-0.15, -0.1) is 0 Å². The third-order valence-corrected chi connectivity index (χ3v) is 2.58. The van der Waals surface area contributed by atoms with Gasteiger partial charge in [0.05, 0.1) is 0 Å². The summed E-state index contributed by atoms with van der Waals surface area (Å²) < 4.78 is 0. The first-order valence-electron chi connectivity index (χ1n) is 5.48. The van der Waals surface area contributed by atoms with E-state index in [4.69, 9.17) is 10.9 Å². The Labute approximate surface area is 96.3 Å². The molecule has 6 heteroatoms. The van der Waals surface area contributed by atoms with Crippen LogP contribution in [0.2, 0.25) is 0 Å². The van der Waals surface area contributed by atoms with Gasteiger partial charge in [-0.25, -0.2) is 4.79 Å². The Kier molecular flexibility index (Phi) is 5.63. The number of carbonyl (C=O) groups is 1. The summed E-state index contributed by atoms with van der Waals surface area (Å²) in [4.78, 5) is 11.6. The highest BCUT2D eigenvalue weighted by atomic mass is 16.4. The monoisotopic (exact) mass is 230 g/mol. The highest BCUT2D eigenvalue weighted by Gasteiger charge is 2.33. The van der Waals surface area contributed by atoms with Crippen molar-refractivity contribution in [1.82, 2.24) is 10.6 Å². The number of amidine groups is 1. The van der Waals surface area contributed by atoms with E-state index in [9.17, 15) is 4.79 Å². The predicted molar refractivity (Wildman–Crippen MR) is 63.5 cm³/mol. The van der Waals surface area contributed by atoms with E-state index in [1.807, 2.05) is 27.7 Å². The van der Waals surface area contributed by atoms with E-state index in [1.54, 1.807) is 0 Å². The SMILES string of the molecule is CCC(CC)(NC(=O)NC(C)C)/C(N)=N/O. The fourth-order valence-corrected chi connectivity index (χ4v) is 1.46. The molecular formula is C10H22N4O2. The number of nitrogens with one attached hydrogen (secondary N) is 2. The maximum atomic E-state index is 11.6. The van der Waals surface area contributed by atoms with E-state index in [0.29, 0.717) is 12.8 Å². The molecule has 2 amide bonds. The summed E-state index contributed by atoms with van der Waals surface area (Å²) in [5.41, 5.74) is 4.83. The number of carbonyl (C=O) groups excluding carboxylic acids is 1. The molecule has 0 radical (unpaired) electrons. The molecule has 0 saturated heterocycles. The molecule has 0 spiro atoms. The molecule has 0 unspecified atom stereocenters. The Morgan fingerprint density at radius 1 is 1.44 bits per heavy atom. The summed E-state index contributed by atoms with van der Waals surface area (Å²) in [6.07, 6.45) is 1.12. The van der Waals surface area contributed by atoms with E-state index in [-0.39, 0.29) is 17.9 Å². The lowest BCUT2D eigenvalue weighted by Crippen LogP contribution is -2.59. The van der Waals surface area contributed by atoms with Crippen LogP contribution < -0.4 is 16.4 Å². The van der Waals surface area contributed by atoms with Gasteiger partial charge in [0.2, 0.25) is 0 Å². The Bertz CT molecular complexity index is 260. The fourth-order valence-electron chi connectivity index (χ4n) is 1.46. The van der Waals surface area contributed by atoms with Crippen molar-refractivity contribution >= 4 is 11.9 Å². The molecule has 16 heavy (non-hydrogen) atoms. The number of urea groups is 1. The van der Waals surface area contributed by atoms with Gasteiger partial charge in [-0.2, -0.15) is 0 Å². The quantitative estimate of drug-likeness (QED) is 0.245. The molecule has 0 aliphatic rings. The lowest BCUT2D eigenvalue weighted by molar-refractivity contribution is 0.227. The Morgan fingerprint density at radius 2 is 1.94 bits per heavy atom. The van der Waals surface area contributed by atoms with Crippen molar-refractivity contribution in [2.45, 2.75) is 52.1 Å². The highest BCUT2D eigenvalue weighted by Crippen LogP contribution is 2.15. The molecule has 0 aliphatic heterocycles. The van der Waals surface area contributed by atoms with Crippen LogP contribution in [0.3, 0.4) is 0 Å². The molecule has 0 fully saturated rings. The molecule has 0 aromatic carbocycles. The van der Waals surface area contributed by atoms with Gasteiger partial charge in [0, 0.05) is 6.04 Å². The molecule has 6 nitrogen and oxygen atoms in total. The van der Waals surface area contributed by atoms with E-state index in [1.165, 1.54) is 0 Å².